The molecule has 2 atom stereocenters. The Balaban J connectivity index is 3.74. The fraction of sp³-hybridized carbons (Fsp3) is 0.865. The molecule has 3 N–H and O–H groups in total. The number of unbranched alkanes of at least 4 members (excludes halogenated alkanes) is 49. The van der Waals surface area contributed by atoms with Crippen LogP contribution in [0.2, 0.25) is 0 Å². The standard InChI is InChI=1S/C74H140NO8P/c1-3-5-7-9-11-13-15-17-19-21-23-25-27-28-29-30-31-32-33-34-35-36-37-38-39-40-41-42-43-44-45-47-49-51-53-55-57-59-61-63-65-67-74(77)83-72(71-82-84(78,79)81-69-68-75)70-80-73(76)66-64-62-60-58-56-54-52-50-48-46-26-24-22-20-18-16-14-12-10-8-6-4-2/h5,7,11,13,17,19,23,25,72H,3-4,6,8-10,12,14-16,18,20-22,24,26-71,75H2,1-2H3,(H,78,79)/b7-5-,13-11-,19-17-,25-23-. The first-order valence-corrected chi connectivity index (χ1v) is 38.1. The Bertz CT molecular complexity index is 1520. The maximum atomic E-state index is 12.8. The summed E-state index contributed by atoms with van der Waals surface area (Å²) in [7, 11) is -4.39. The fourth-order valence-electron chi connectivity index (χ4n) is 11.1. The van der Waals surface area contributed by atoms with Crippen molar-refractivity contribution in [2.45, 2.75) is 386 Å². The molecule has 0 fully saturated rings. The summed E-state index contributed by atoms with van der Waals surface area (Å²) in [5.74, 6) is -0.802. The highest BCUT2D eigenvalue weighted by Gasteiger charge is 2.26. The zero-order chi connectivity index (χ0) is 60.9. The Labute approximate surface area is 521 Å². The molecule has 0 rings (SSSR count). The zero-order valence-corrected chi connectivity index (χ0v) is 56.6. The van der Waals surface area contributed by atoms with Crippen molar-refractivity contribution in [2.75, 3.05) is 26.4 Å². The number of phosphoric ester groups is 1. The molecule has 0 radical (unpaired) electrons. The SMILES string of the molecule is CC/C=C\C/C=C\C/C=C\C/C=C\CCCCCCCCCCCCCCCCCCCCCCCCCCCCCCC(=O)OC(COC(=O)CCCCCCCCCCCCCCCCCCCCCCCC)COP(=O)(O)OCCN. The van der Waals surface area contributed by atoms with Crippen LogP contribution in [-0.4, -0.2) is 49.3 Å². The lowest BCUT2D eigenvalue weighted by Gasteiger charge is -2.19. The second-order valence-electron chi connectivity index (χ2n) is 24.8. The Morgan fingerprint density at radius 3 is 0.976 bits per heavy atom. The summed E-state index contributed by atoms with van der Waals surface area (Å²) in [6, 6.07) is 0. The van der Waals surface area contributed by atoms with Crippen LogP contribution >= 0.6 is 7.82 Å². The quantitative estimate of drug-likeness (QED) is 0.0264. The van der Waals surface area contributed by atoms with E-state index >= 15 is 0 Å². The lowest BCUT2D eigenvalue weighted by atomic mass is 10.0. The molecule has 0 aliphatic rings. The Kier molecular flexibility index (Phi) is 68.4. The second-order valence-corrected chi connectivity index (χ2v) is 26.2. The van der Waals surface area contributed by atoms with Crippen LogP contribution in [0.3, 0.4) is 0 Å². The van der Waals surface area contributed by atoms with Crippen LogP contribution < -0.4 is 5.73 Å². The van der Waals surface area contributed by atoms with Gasteiger partial charge in [0, 0.05) is 19.4 Å². The minimum atomic E-state index is -4.39. The highest BCUT2D eigenvalue weighted by atomic mass is 31.2. The summed E-state index contributed by atoms with van der Waals surface area (Å²) in [5, 5.41) is 0. The summed E-state index contributed by atoms with van der Waals surface area (Å²) in [6.45, 7) is 3.71. The topological polar surface area (TPSA) is 134 Å². The van der Waals surface area contributed by atoms with Gasteiger partial charge in [-0.15, -0.1) is 0 Å². The van der Waals surface area contributed by atoms with E-state index in [9.17, 15) is 19.0 Å². The third-order valence-electron chi connectivity index (χ3n) is 16.5. The van der Waals surface area contributed by atoms with Crippen LogP contribution in [0.15, 0.2) is 48.6 Å². The molecule has 10 heteroatoms. The smallest absolute Gasteiger partial charge is 0.462 e. The van der Waals surface area contributed by atoms with Gasteiger partial charge >= 0.3 is 19.8 Å². The monoisotopic (exact) mass is 1200 g/mol. The summed E-state index contributed by atoms with van der Waals surface area (Å²) in [5.41, 5.74) is 5.40. The lowest BCUT2D eigenvalue weighted by molar-refractivity contribution is -0.161. The van der Waals surface area contributed by atoms with Gasteiger partial charge in [0.25, 0.3) is 0 Å². The molecule has 0 saturated carbocycles. The van der Waals surface area contributed by atoms with Crippen LogP contribution in [0.1, 0.15) is 380 Å². The van der Waals surface area contributed by atoms with Gasteiger partial charge in [-0.3, -0.25) is 18.6 Å². The van der Waals surface area contributed by atoms with Gasteiger partial charge in [-0.25, -0.2) is 4.57 Å². The van der Waals surface area contributed by atoms with Gasteiger partial charge in [-0.1, -0.05) is 364 Å². The Morgan fingerprint density at radius 2 is 0.655 bits per heavy atom. The highest BCUT2D eigenvalue weighted by molar-refractivity contribution is 7.47. The predicted molar refractivity (Wildman–Crippen MR) is 363 cm³/mol. The molecule has 9 nitrogen and oxygen atoms in total. The third-order valence-corrected chi connectivity index (χ3v) is 17.5. The van der Waals surface area contributed by atoms with Gasteiger partial charge in [-0.2, -0.15) is 0 Å². The lowest BCUT2D eigenvalue weighted by Crippen LogP contribution is -2.29. The van der Waals surface area contributed by atoms with E-state index < -0.39 is 26.5 Å². The van der Waals surface area contributed by atoms with E-state index in [1.165, 1.54) is 289 Å². The van der Waals surface area contributed by atoms with E-state index in [1.807, 2.05) is 0 Å². The summed E-state index contributed by atoms with van der Waals surface area (Å²) in [6.07, 6.45) is 89.5. The van der Waals surface area contributed by atoms with Crippen LogP contribution in [0.25, 0.3) is 0 Å². The summed E-state index contributed by atoms with van der Waals surface area (Å²) < 4.78 is 33.2. The second kappa shape index (κ2) is 70.1. The molecule has 0 aliphatic carbocycles. The van der Waals surface area contributed by atoms with E-state index in [1.54, 1.807) is 0 Å². The minimum Gasteiger partial charge on any atom is -0.462 e. The Morgan fingerprint density at radius 1 is 0.369 bits per heavy atom. The first-order chi connectivity index (χ1) is 41.3. The molecule has 0 aromatic carbocycles. The van der Waals surface area contributed by atoms with Crippen LogP contribution in [0, 0.1) is 0 Å². The van der Waals surface area contributed by atoms with Crippen molar-refractivity contribution >= 4 is 19.8 Å². The highest BCUT2D eigenvalue weighted by Crippen LogP contribution is 2.43. The predicted octanol–water partition coefficient (Wildman–Crippen LogP) is 24.0. The van der Waals surface area contributed by atoms with Crippen LogP contribution in [-0.2, 0) is 32.7 Å². The van der Waals surface area contributed by atoms with E-state index in [-0.39, 0.29) is 38.6 Å². The maximum Gasteiger partial charge on any atom is 0.472 e. The largest absolute Gasteiger partial charge is 0.472 e. The number of hydrogen-bond donors (Lipinski definition) is 2. The zero-order valence-electron chi connectivity index (χ0n) is 55.7. The molecule has 0 aromatic rings. The van der Waals surface area contributed by atoms with Crippen molar-refractivity contribution < 1.29 is 37.6 Å². The minimum absolute atomic E-state index is 0.0568. The molecule has 0 aromatic heterocycles. The van der Waals surface area contributed by atoms with Gasteiger partial charge in [0.15, 0.2) is 6.10 Å². The number of phosphoric acid groups is 1. The van der Waals surface area contributed by atoms with E-state index in [0.717, 1.165) is 57.8 Å². The van der Waals surface area contributed by atoms with E-state index in [2.05, 4.69) is 62.5 Å². The molecule has 2 unspecified atom stereocenters. The van der Waals surface area contributed by atoms with Crippen molar-refractivity contribution in [2.24, 2.45) is 5.73 Å². The first kappa shape index (κ1) is 82.0. The van der Waals surface area contributed by atoms with Crippen molar-refractivity contribution in [1.29, 1.82) is 0 Å². The third kappa shape index (κ3) is 69.1. The van der Waals surface area contributed by atoms with Gasteiger partial charge in [-0.05, 0) is 51.4 Å². The van der Waals surface area contributed by atoms with Crippen molar-refractivity contribution in [3.8, 4) is 0 Å². The summed E-state index contributed by atoms with van der Waals surface area (Å²) >= 11 is 0. The van der Waals surface area contributed by atoms with Gasteiger partial charge in [0.1, 0.15) is 6.61 Å². The number of esters is 2. The van der Waals surface area contributed by atoms with Crippen molar-refractivity contribution in [1.82, 2.24) is 0 Å². The molecule has 0 amide bonds. The molecule has 0 heterocycles. The molecule has 0 spiro atoms. The first-order valence-electron chi connectivity index (χ1n) is 36.6. The molecule has 0 saturated heterocycles. The molecule has 0 bridgehead atoms. The van der Waals surface area contributed by atoms with Crippen molar-refractivity contribution in [3.05, 3.63) is 48.6 Å². The summed E-state index contributed by atoms with van der Waals surface area (Å²) in [4.78, 5) is 35.3. The van der Waals surface area contributed by atoms with Crippen LogP contribution in [0.4, 0.5) is 0 Å². The average Bonchev–Trinajstić information content (AvgIpc) is 3.55. The number of carbonyl (C=O) groups excluding carboxylic acids is 2. The van der Waals surface area contributed by atoms with E-state index in [4.69, 9.17) is 24.3 Å². The molecular formula is C74H140NO8P. The number of ether oxygens (including phenoxy) is 2. The fourth-order valence-corrected chi connectivity index (χ4v) is 11.9. The van der Waals surface area contributed by atoms with Crippen molar-refractivity contribution in [3.63, 3.8) is 0 Å². The van der Waals surface area contributed by atoms with Crippen LogP contribution in [0.5, 0.6) is 0 Å². The average molecular weight is 1200 g/mol. The number of rotatable bonds is 70. The molecule has 84 heavy (non-hydrogen) atoms. The Hall–Kier alpha value is -2.03. The number of hydrogen-bond acceptors (Lipinski definition) is 8. The molecular weight excluding hydrogens is 1060 g/mol. The van der Waals surface area contributed by atoms with E-state index in [0.29, 0.717) is 6.42 Å². The molecule has 0 aliphatic heterocycles. The number of allylic oxidation sites excluding steroid dienone is 8. The van der Waals surface area contributed by atoms with Gasteiger partial charge in [0.2, 0.25) is 0 Å². The number of carbonyl (C=O) groups is 2. The normalized spacial score (nSPS) is 13.1. The maximum absolute atomic E-state index is 12.8. The van der Waals surface area contributed by atoms with Gasteiger partial charge in [0.05, 0.1) is 13.2 Å². The molecule has 494 valence electrons. The van der Waals surface area contributed by atoms with Gasteiger partial charge < -0.3 is 20.1 Å². The number of nitrogens with two attached hydrogens (primary N) is 1.